The molecule has 1 amide bonds. The summed E-state index contributed by atoms with van der Waals surface area (Å²) in [5.74, 6) is -0.385. The fraction of sp³-hybridized carbons (Fsp3) is 0.562. The first-order valence-electron chi connectivity index (χ1n) is 7.95. The van der Waals surface area contributed by atoms with Crippen molar-refractivity contribution in [2.75, 3.05) is 19.7 Å². The SMILES string of the molecule is CCCCN(CCO)C(=O)c1cc(S(=O)(=O)NC(C)C)ccc1Cl. The van der Waals surface area contributed by atoms with Gasteiger partial charge in [-0.25, -0.2) is 13.1 Å². The number of carbonyl (C=O) groups is 1. The van der Waals surface area contributed by atoms with Crippen LogP contribution in [0.5, 0.6) is 0 Å². The number of amides is 1. The number of aliphatic hydroxyl groups excluding tert-OH is 1. The second-order valence-corrected chi connectivity index (χ2v) is 7.91. The Hall–Kier alpha value is -1.15. The lowest BCUT2D eigenvalue weighted by Gasteiger charge is -2.22. The number of hydrogen-bond acceptors (Lipinski definition) is 4. The molecule has 0 saturated heterocycles. The van der Waals surface area contributed by atoms with Gasteiger partial charge in [0.2, 0.25) is 10.0 Å². The molecule has 0 atom stereocenters. The van der Waals surface area contributed by atoms with E-state index >= 15 is 0 Å². The lowest BCUT2D eigenvalue weighted by atomic mass is 10.2. The van der Waals surface area contributed by atoms with E-state index in [1.807, 2.05) is 6.92 Å². The number of aliphatic hydroxyl groups is 1. The van der Waals surface area contributed by atoms with E-state index in [1.165, 1.54) is 23.1 Å². The topological polar surface area (TPSA) is 86.7 Å². The molecule has 136 valence electrons. The van der Waals surface area contributed by atoms with E-state index < -0.39 is 10.0 Å². The maximum absolute atomic E-state index is 12.7. The van der Waals surface area contributed by atoms with Gasteiger partial charge >= 0.3 is 0 Å². The number of nitrogens with one attached hydrogen (secondary N) is 1. The molecule has 0 aliphatic carbocycles. The number of nitrogens with zero attached hydrogens (tertiary/aromatic N) is 1. The average Bonchev–Trinajstić information content (AvgIpc) is 2.49. The highest BCUT2D eigenvalue weighted by atomic mass is 35.5. The fourth-order valence-electron chi connectivity index (χ4n) is 2.17. The number of rotatable bonds is 9. The van der Waals surface area contributed by atoms with Crippen LogP contribution in [0.25, 0.3) is 0 Å². The number of unbranched alkanes of at least 4 members (excludes halogenated alkanes) is 1. The van der Waals surface area contributed by atoms with Crippen molar-refractivity contribution in [2.45, 2.75) is 44.6 Å². The van der Waals surface area contributed by atoms with Crippen LogP contribution in [-0.2, 0) is 10.0 Å². The van der Waals surface area contributed by atoms with Crippen LogP contribution in [0.3, 0.4) is 0 Å². The second kappa shape index (κ2) is 9.36. The van der Waals surface area contributed by atoms with Crippen LogP contribution in [0.1, 0.15) is 44.0 Å². The monoisotopic (exact) mass is 376 g/mol. The maximum atomic E-state index is 12.7. The van der Waals surface area contributed by atoms with Gasteiger partial charge in [-0.3, -0.25) is 4.79 Å². The van der Waals surface area contributed by atoms with Gasteiger partial charge in [0.15, 0.2) is 0 Å². The lowest BCUT2D eigenvalue weighted by molar-refractivity contribution is 0.0719. The Bertz CT molecular complexity index is 662. The quantitative estimate of drug-likeness (QED) is 0.692. The molecule has 1 rings (SSSR count). The molecule has 0 saturated carbocycles. The Morgan fingerprint density at radius 1 is 1.33 bits per heavy atom. The minimum Gasteiger partial charge on any atom is -0.395 e. The summed E-state index contributed by atoms with van der Waals surface area (Å²) in [7, 11) is -3.72. The van der Waals surface area contributed by atoms with Gasteiger partial charge in [0.05, 0.1) is 22.1 Å². The summed E-state index contributed by atoms with van der Waals surface area (Å²) in [5.41, 5.74) is 0.118. The predicted octanol–water partition coefficient (Wildman–Crippen LogP) is 2.26. The molecule has 6 nitrogen and oxygen atoms in total. The van der Waals surface area contributed by atoms with Crippen LogP contribution in [0.15, 0.2) is 23.1 Å². The highest BCUT2D eigenvalue weighted by molar-refractivity contribution is 7.89. The lowest BCUT2D eigenvalue weighted by Crippen LogP contribution is -2.35. The number of halogens is 1. The molecule has 24 heavy (non-hydrogen) atoms. The van der Waals surface area contributed by atoms with Crippen molar-refractivity contribution in [3.05, 3.63) is 28.8 Å². The minimum absolute atomic E-state index is 0.0108. The summed E-state index contributed by atoms with van der Waals surface area (Å²) in [5, 5.41) is 9.33. The Kier molecular flexibility index (Phi) is 8.15. The zero-order valence-electron chi connectivity index (χ0n) is 14.3. The van der Waals surface area contributed by atoms with E-state index in [0.717, 1.165) is 12.8 Å². The van der Waals surface area contributed by atoms with E-state index in [-0.39, 0.29) is 40.6 Å². The van der Waals surface area contributed by atoms with Crippen molar-refractivity contribution in [3.63, 3.8) is 0 Å². The van der Waals surface area contributed by atoms with Crippen molar-refractivity contribution in [3.8, 4) is 0 Å². The second-order valence-electron chi connectivity index (χ2n) is 5.79. The predicted molar refractivity (Wildman–Crippen MR) is 94.8 cm³/mol. The summed E-state index contributed by atoms with van der Waals surface area (Å²) in [6.45, 7) is 5.92. The molecule has 0 unspecified atom stereocenters. The van der Waals surface area contributed by atoms with Crippen LogP contribution in [0.2, 0.25) is 5.02 Å². The third-order valence-electron chi connectivity index (χ3n) is 3.31. The molecule has 0 fully saturated rings. The standard InChI is InChI=1S/C16H25ClN2O4S/c1-4-5-8-19(9-10-20)16(21)14-11-13(6-7-15(14)17)24(22,23)18-12(2)3/h6-7,11-12,18,20H,4-5,8-10H2,1-3H3. The van der Waals surface area contributed by atoms with E-state index in [1.54, 1.807) is 13.8 Å². The van der Waals surface area contributed by atoms with Gasteiger partial charge in [0, 0.05) is 19.1 Å². The summed E-state index contributed by atoms with van der Waals surface area (Å²) in [6, 6.07) is 3.79. The Balaban J connectivity index is 3.18. The van der Waals surface area contributed by atoms with Crippen molar-refractivity contribution >= 4 is 27.5 Å². The highest BCUT2D eigenvalue weighted by Crippen LogP contribution is 2.22. The van der Waals surface area contributed by atoms with Crippen molar-refractivity contribution in [2.24, 2.45) is 0 Å². The number of hydrogen-bond donors (Lipinski definition) is 2. The normalized spacial score (nSPS) is 11.8. The third kappa shape index (κ3) is 5.73. The molecule has 0 spiro atoms. The number of carbonyl (C=O) groups excluding carboxylic acids is 1. The first kappa shape index (κ1) is 20.9. The van der Waals surface area contributed by atoms with E-state index in [9.17, 15) is 13.2 Å². The third-order valence-corrected chi connectivity index (χ3v) is 5.29. The number of benzene rings is 1. The smallest absolute Gasteiger partial charge is 0.255 e. The van der Waals surface area contributed by atoms with E-state index in [4.69, 9.17) is 16.7 Å². The molecule has 0 aliphatic heterocycles. The van der Waals surface area contributed by atoms with Gasteiger partial charge in [-0.2, -0.15) is 0 Å². The van der Waals surface area contributed by atoms with Gasteiger partial charge in [-0.1, -0.05) is 24.9 Å². The molecular weight excluding hydrogens is 352 g/mol. The Labute approximate surface area is 148 Å². The van der Waals surface area contributed by atoms with Crippen LogP contribution in [0, 0.1) is 0 Å². The van der Waals surface area contributed by atoms with Gasteiger partial charge in [0.1, 0.15) is 0 Å². The van der Waals surface area contributed by atoms with E-state index in [0.29, 0.717) is 6.54 Å². The Morgan fingerprint density at radius 2 is 2.00 bits per heavy atom. The minimum atomic E-state index is -3.72. The van der Waals surface area contributed by atoms with Crippen LogP contribution in [0.4, 0.5) is 0 Å². The molecule has 1 aromatic rings. The van der Waals surface area contributed by atoms with Crippen LogP contribution in [-0.4, -0.2) is 50.1 Å². The highest BCUT2D eigenvalue weighted by Gasteiger charge is 2.22. The molecule has 0 aliphatic rings. The fourth-order valence-corrected chi connectivity index (χ4v) is 3.64. The average molecular weight is 377 g/mol. The van der Waals surface area contributed by atoms with Crippen LogP contribution >= 0.6 is 11.6 Å². The van der Waals surface area contributed by atoms with Crippen molar-refractivity contribution in [1.82, 2.24) is 9.62 Å². The molecular formula is C16H25ClN2O4S. The summed E-state index contributed by atoms with van der Waals surface area (Å²) in [4.78, 5) is 14.2. The van der Waals surface area contributed by atoms with Gasteiger partial charge in [-0.05, 0) is 38.5 Å². The van der Waals surface area contributed by atoms with E-state index in [2.05, 4.69) is 4.72 Å². The first-order chi connectivity index (χ1) is 11.2. The molecule has 0 aromatic heterocycles. The molecule has 8 heteroatoms. The largest absolute Gasteiger partial charge is 0.395 e. The zero-order valence-corrected chi connectivity index (χ0v) is 15.8. The van der Waals surface area contributed by atoms with Gasteiger partial charge in [-0.15, -0.1) is 0 Å². The van der Waals surface area contributed by atoms with Crippen molar-refractivity contribution < 1.29 is 18.3 Å². The molecule has 0 heterocycles. The van der Waals surface area contributed by atoms with Crippen LogP contribution < -0.4 is 4.72 Å². The maximum Gasteiger partial charge on any atom is 0.255 e. The Morgan fingerprint density at radius 3 is 2.54 bits per heavy atom. The molecule has 1 aromatic carbocycles. The summed E-state index contributed by atoms with van der Waals surface area (Å²) < 4.78 is 27.0. The van der Waals surface area contributed by atoms with Gasteiger partial charge in [0.25, 0.3) is 5.91 Å². The van der Waals surface area contributed by atoms with Gasteiger partial charge < -0.3 is 10.0 Å². The first-order valence-corrected chi connectivity index (χ1v) is 9.81. The molecule has 0 bridgehead atoms. The van der Waals surface area contributed by atoms with Crippen molar-refractivity contribution in [1.29, 1.82) is 0 Å². The zero-order chi connectivity index (χ0) is 18.3. The number of sulfonamides is 1. The summed E-state index contributed by atoms with van der Waals surface area (Å²) in [6.07, 6.45) is 1.69. The molecule has 0 radical (unpaired) electrons. The summed E-state index contributed by atoms with van der Waals surface area (Å²) >= 11 is 6.10. The molecule has 2 N–H and O–H groups in total.